The fraction of sp³-hybridized carbons (Fsp3) is 0.250. The number of pyridine rings is 1. The number of rotatable bonds is 9. The molecule has 0 spiro atoms. The number of aromatic nitrogens is 7. The van der Waals surface area contributed by atoms with E-state index in [1.54, 1.807) is 6.20 Å². The number of unbranched alkanes of at least 4 members (excludes halogenated alkanes) is 1. The molecule has 182 valence electrons. The highest BCUT2D eigenvalue weighted by Crippen LogP contribution is 2.25. The average molecular weight is 480 g/mol. The van der Waals surface area contributed by atoms with Crippen molar-refractivity contribution in [1.29, 1.82) is 0 Å². The van der Waals surface area contributed by atoms with Crippen LogP contribution in [0.5, 0.6) is 0 Å². The van der Waals surface area contributed by atoms with Crippen LogP contribution in [0.3, 0.4) is 0 Å². The number of nitrogens with zero attached hydrogens (tertiary/aromatic N) is 6. The lowest BCUT2D eigenvalue weighted by atomic mass is 10.0. The Morgan fingerprint density at radius 1 is 0.889 bits per heavy atom. The largest absolute Gasteiger partial charge is 0.329 e. The molecule has 0 atom stereocenters. The van der Waals surface area contributed by atoms with Crippen molar-refractivity contribution in [2.24, 2.45) is 0 Å². The summed E-state index contributed by atoms with van der Waals surface area (Å²) < 4.78 is 3.79. The molecule has 0 bridgehead atoms. The van der Waals surface area contributed by atoms with Gasteiger partial charge in [0.15, 0.2) is 0 Å². The molecule has 0 saturated heterocycles. The second-order valence-corrected chi connectivity index (χ2v) is 8.93. The lowest BCUT2D eigenvalue weighted by Crippen LogP contribution is -2.26. The SMILES string of the molecule is CCCCc1c(C)n(Cc2ccccc2)c(=O)n1Cc1cc(-c2cccc(-c3nn[nH]n3)c2)ccn1. The summed E-state index contributed by atoms with van der Waals surface area (Å²) in [4.78, 5) is 18.2. The lowest BCUT2D eigenvalue weighted by molar-refractivity contribution is 0.646. The zero-order chi connectivity index (χ0) is 24.9. The van der Waals surface area contributed by atoms with E-state index in [0.717, 1.165) is 58.6 Å². The third kappa shape index (κ3) is 4.88. The van der Waals surface area contributed by atoms with Crippen molar-refractivity contribution in [1.82, 2.24) is 34.7 Å². The van der Waals surface area contributed by atoms with Crippen LogP contribution in [-0.2, 0) is 19.5 Å². The maximum absolute atomic E-state index is 13.6. The lowest BCUT2D eigenvalue weighted by Gasteiger charge is -2.09. The Balaban J connectivity index is 1.48. The van der Waals surface area contributed by atoms with Gasteiger partial charge in [0.25, 0.3) is 0 Å². The smallest absolute Gasteiger partial charge is 0.292 e. The van der Waals surface area contributed by atoms with Crippen molar-refractivity contribution >= 4 is 0 Å². The van der Waals surface area contributed by atoms with Crippen molar-refractivity contribution in [2.75, 3.05) is 0 Å². The molecule has 8 heteroatoms. The molecular formula is C28H29N7O. The van der Waals surface area contributed by atoms with Crippen LogP contribution in [0.4, 0.5) is 0 Å². The van der Waals surface area contributed by atoms with Crippen molar-refractivity contribution in [3.05, 3.63) is 106 Å². The monoisotopic (exact) mass is 479 g/mol. The van der Waals surface area contributed by atoms with Gasteiger partial charge in [0.05, 0.1) is 18.8 Å². The van der Waals surface area contributed by atoms with E-state index in [2.05, 4.69) is 57.7 Å². The van der Waals surface area contributed by atoms with Crippen molar-refractivity contribution in [3.63, 3.8) is 0 Å². The Bertz CT molecular complexity index is 1500. The van der Waals surface area contributed by atoms with E-state index in [-0.39, 0.29) is 5.69 Å². The van der Waals surface area contributed by atoms with Crippen molar-refractivity contribution in [3.8, 4) is 22.5 Å². The first-order chi connectivity index (χ1) is 17.6. The summed E-state index contributed by atoms with van der Waals surface area (Å²) in [7, 11) is 0. The van der Waals surface area contributed by atoms with Crippen molar-refractivity contribution < 1.29 is 0 Å². The van der Waals surface area contributed by atoms with E-state index in [0.29, 0.717) is 18.9 Å². The Hall–Kier alpha value is -4.33. The molecule has 2 aromatic carbocycles. The number of imidazole rings is 1. The number of nitrogens with one attached hydrogen (secondary N) is 1. The molecular weight excluding hydrogens is 450 g/mol. The Labute approximate surface area is 209 Å². The van der Waals surface area contributed by atoms with Gasteiger partial charge in [-0.25, -0.2) is 4.79 Å². The van der Waals surface area contributed by atoms with E-state index >= 15 is 0 Å². The number of hydrogen-bond acceptors (Lipinski definition) is 5. The maximum Gasteiger partial charge on any atom is 0.329 e. The van der Waals surface area contributed by atoms with Crippen molar-refractivity contribution in [2.45, 2.75) is 46.2 Å². The van der Waals surface area contributed by atoms with Crippen LogP contribution in [0.2, 0.25) is 0 Å². The van der Waals surface area contributed by atoms with Gasteiger partial charge in [-0.1, -0.05) is 61.9 Å². The zero-order valence-corrected chi connectivity index (χ0v) is 20.6. The Morgan fingerprint density at radius 3 is 2.47 bits per heavy atom. The van der Waals surface area contributed by atoms with E-state index in [4.69, 9.17) is 0 Å². The van der Waals surface area contributed by atoms with E-state index in [9.17, 15) is 4.79 Å². The van der Waals surface area contributed by atoms with Gasteiger partial charge >= 0.3 is 5.69 Å². The van der Waals surface area contributed by atoms with Crippen LogP contribution in [0.15, 0.2) is 77.7 Å². The second kappa shape index (κ2) is 10.5. The summed E-state index contributed by atoms with van der Waals surface area (Å²) >= 11 is 0. The minimum atomic E-state index is 0.00811. The highest BCUT2D eigenvalue weighted by Gasteiger charge is 2.18. The van der Waals surface area contributed by atoms with Gasteiger partial charge in [-0.3, -0.25) is 14.1 Å². The summed E-state index contributed by atoms with van der Waals surface area (Å²) in [5.41, 5.74) is 7.01. The molecule has 1 N–H and O–H groups in total. The number of hydrogen-bond donors (Lipinski definition) is 1. The summed E-state index contributed by atoms with van der Waals surface area (Å²) in [5, 5.41) is 14.3. The minimum Gasteiger partial charge on any atom is -0.292 e. The predicted octanol–water partition coefficient (Wildman–Crippen LogP) is 4.64. The summed E-state index contributed by atoms with van der Waals surface area (Å²) in [5.74, 6) is 0.550. The molecule has 5 aromatic rings. The molecule has 0 saturated carbocycles. The first-order valence-corrected chi connectivity index (χ1v) is 12.3. The highest BCUT2D eigenvalue weighted by molar-refractivity contribution is 5.70. The molecule has 3 aromatic heterocycles. The van der Waals surface area contributed by atoms with E-state index < -0.39 is 0 Å². The average Bonchev–Trinajstić information content (AvgIpc) is 3.53. The molecule has 0 aliphatic rings. The molecule has 0 aliphatic carbocycles. The van der Waals surface area contributed by atoms with Gasteiger partial charge in [0, 0.05) is 23.1 Å². The van der Waals surface area contributed by atoms with Gasteiger partial charge < -0.3 is 0 Å². The number of H-pyrrole nitrogens is 1. The van der Waals surface area contributed by atoms with Gasteiger partial charge in [-0.05, 0) is 59.9 Å². The first-order valence-electron chi connectivity index (χ1n) is 12.3. The molecule has 0 amide bonds. The highest BCUT2D eigenvalue weighted by atomic mass is 16.1. The van der Waals surface area contributed by atoms with Crippen LogP contribution in [-0.4, -0.2) is 34.7 Å². The number of benzene rings is 2. The molecule has 0 unspecified atom stereocenters. The molecule has 5 rings (SSSR count). The third-order valence-corrected chi connectivity index (χ3v) is 6.50. The van der Waals surface area contributed by atoms with Crippen LogP contribution in [0.1, 0.15) is 42.4 Å². The van der Waals surface area contributed by atoms with Gasteiger partial charge in [0.1, 0.15) is 0 Å². The second-order valence-electron chi connectivity index (χ2n) is 8.93. The minimum absolute atomic E-state index is 0.00811. The molecule has 0 aliphatic heterocycles. The quantitative estimate of drug-likeness (QED) is 0.332. The molecule has 0 fully saturated rings. The Kier molecular flexibility index (Phi) is 6.84. The van der Waals surface area contributed by atoms with E-state index in [1.807, 2.05) is 57.7 Å². The normalized spacial score (nSPS) is 11.2. The fourth-order valence-electron chi connectivity index (χ4n) is 4.56. The number of aromatic amines is 1. The van der Waals surface area contributed by atoms with Crippen LogP contribution in [0.25, 0.3) is 22.5 Å². The number of tetrazole rings is 1. The molecule has 3 heterocycles. The standard InChI is InChI=1S/C28H29N7O/c1-3-4-13-26-20(2)34(18-21-9-6-5-7-10-21)28(36)35(26)19-25-17-23(14-15-29-25)22-11-8-12-24(16-22)27-30-32-33-31-27/h5-12,14-17H,3-4,13,18-19H2,1-2H3,(H,30,31,32,33). The fourth-order valence-corrected chi connectivity index (χ4v) is 4.56. The predicted molar refractivity (Wildman–Crippen MR) is 140 cm³/mol. The van der Waals surface area contributed by atoms with Crippen LogP contribution < -0.4 is 5.69 Å². The van der Waals surface area contributed by atoms with Crippen LogP contribution in [0, 0.1) is 6.92 Å². The van der Waals surface area contributed by atoms with Crippen LogP contribution >= 0.6 is 0 Å². The molecule has 8 nitrogen and oxygen atoms in total. The maximum atomic E-state index is 13.6. The first kappa shape index (κ1) is 23.4. The van der Waals surface area contributed by atoms with E-state index in [1.165, 1.54) is 0 Å². The topological polar surface area (TPSA) is 94.3 Å². The Morgan fingerprint density at radius 2 is 1.69 bits per heavy atom. The molecule has 36 heavy (non-hydrogen) atoms. The zero-order valence-electron chi connectivity index (χ0n) is 20.6. The van der Waals surface area contributed by atoms with Gasteiger partial charge in [-0.2, -0.15) is 5.21 Å². The third-order valence-electron chi connectivity index (χ3n) is 6.50. The summed E-state index contributed by atoms with van der Waals surface area (Å²) in [6.07, 6.45) is 4.77. The van der Waals surface area contributed by atoms with Gasteiger partial charge in [0.2, 0.25) is 5.82 Å². The van der Waals surface area contributed by atoms with Gasteiger partial charge in [-0.15, -0.1) is 10.2 Å². The summed E-state index contributed by atoms with van der Waals surface area (Å²) in [6.45, 7) is 5.22. The summed E-state index contributed by atoms with van der Waals surface area (Å²) in [6, 6.07) is 22.2. The molecule has 0 radical (unpaired) electrons.